The summed E-state index contributed by atoms with van der Waals surface area (Å²) in [6, 6.07) is 3.60. The van der Waals surface area contributed by atoms with E-state index in [9.17, 15) is 38.4 Å². The van der Waals surface area contributed by atoms with Gasteiger partial charge in [0.25, 0.3) is 11.8 Å². The number of likely N-dealkylation sites (N-methyl/N-ethyl adjacent to an activating group) is 2. The minimum Gasteiger partial charge on any atom is -0.460 e. The second kappa shape index (κ2) is 21.7. The normalized spacial score (nSPS) is 15.5. The van der Waals surface area contributed by atoms with E-state index in [0.29, 0.717) is 0 Å². The van der Waals surface area contributed by atoms with Crippen LogP contribution in [0.4, 0.5) is 4.79 Å². The van der Waals surface area contributed by atoms with Crippen molar-refractivity contribution in [3.63, 3.8) is 0 Å². The van der Waals surface area contributed by atoms with E-state index in [1.54, 1.807) is 61.6 Å². The first-order valence-electron chi connectivity index (χ1n) is 22.8. The summed E-state index contributed by atoms with van der Waals surface area (Å²) in [5.74, 6) is -4.17. The number of fused-ring (bicyclic) bond motifs is 1. The highest BCUT2D eigenvalue weighted by Gasteiger charge is 2.47. The zero-order chi connectivity index (χ0) is 51.1. The molecule has 1 aromatic carbocycles. The largest absolute Gasteiger partial charge is 0.460 e. The lowest BCUT2D eigenvalue weighted by molar-refractivity contribution is -0.155. The maximum absolute atomic E-state index is 15.0. The van der Waals surface area contributed by atoms with Gasteiger partial charge in [0.1, 0.15) is 29.3 Å². The zero-order valence-corrected chi connectivity index (χ0v) is 42.7. The van der Waals surface area contributed by atoms with E-state index >= 15 is 0 Å². The lowest BCUT2D eigenvalue weighted by atomic mass is 9.76. The Morgan fingerprint density at radius 1 is 0.791 bits per heavy atom. The molecular weight excluding hydrogens is 859 g/mol. The fraction of sp³-hybridized carbons (Fsp3) is 0.600. The third-order valence-corrected chi connectivity index (χ3v) is 11.5. The Bertz CT molecular complexity index is 2230. The van der Waals surface area contributed by atoms with Crippen LogP contribution in [0.3, 0.4) is 0 Å². The number of rotatable bonds is 18. The van der Waals surface area contributed by atoms with E-state index in [-0.39, 0.29) is 37.4 Å². The molecule has 7 amide bonds. The number of nitrogens with one attached hydrogen (secondary N) is 3. The quantitative estimate of drug-likeness (QED) is 0.1000. The molecule has 1 aliphatic heterocycles. The van der Waals surface area contributed by atoms with Gasteiger partial charge in [-0.25, -0.2) is 4.79 Å². The van der Waals surface area contributed by atoms with Gasteiger partial charge in [-0.1, -0.05) is 72.7 Å². The van der Waals surface area contributed by atoms with Gasteiger partial charge in [0, 0.05) is 80.9 Å². The van der Waals surface area contributed by atoms with Gasteiger partial charge in [0.05, 0.1) is 6.04 Å². The third-order valence-electron chi connectivity index (χ3n) is 11.5. The Morgan fingerprint density at radius 2 is 1.36 bits per heavy atom. The Labute approximate surface area is 396 Å². The molecule has 67 heavy (non-hydrogen) atoms. The first kappa shape index (κ1) is 55.3. The van der Waals surface area contributed by atoms with Crippen molar-refractivity contribution in [3.8, 4) is 0 Å². The summed E-state index contributed by atoms with van der Waals surface area (Å²) in [4.78, 5) is 111. The Balaban J connectivity index is 1.95. The summed E-state index contributed by atoms with van der Waals surface area (Å²) < 4.78 is 13.2. The summed E-state index contributed by atoms with van der Waals surface area (Å²) >= 11 is 0. The number of amides is 7. The van der Waals surface area contributed by atoms with E-state index in [1.165, 1.54) is 16.8 Å². The molecular formula is C50H75N7O10. The molecule has 2 heterocycles. The number of hydrogen-bond acceptors (Lipinski definition) is 10. The number of para-hydroxylation sites is 1. The summed E-state index contributed by atoms with van der Waals surface area (Å²) in [6.45, 7) is 24.7. The Kier molecular flexibility index (Phi) is 18.0. The molecule has 4 atom stereocenters. The van der Waals surface area contributed by atoms with Crippen LogP contribution in [0.25, 0.3) is 10.9 Å². The van der Waals surface area contributed by atoms with Gasteiger partial charge < -0.3 is 34.9 Å². The van der Waals surface area contributed by atoms with Crippen molar-refractivity contribution in [2.75, 3.05) is 27.2 Å². The van der Waals surface area contributed by atoms with Crippen molar-refractivity contribution in [2.24, 2.45) is 18.4 Å². The number of nitrogens with zero attached hydrogens (tertiary/aromatic N) is 4. The molecule has 3 N–H and O–H groups in total. The van der Waals surface area contributed by atoms with Crippen molar-refractivity contribution in [3.05, 3.63) is 59.8 Å². The summed E-state index contributed by atoms with van der Waals surface area (Å²) in [7, 11) is 5.02. The number of carbonyl (C=O) groups is 8. The molecule has 0 fully saturated rings. The number of ether oxygens (including phenoxy) is 2. The highest BCUT2D eigenvalue weighted by Crippen LogP contribution is 2.37. The van der Waals surface area contributed by atoms with Crippen LogP contribution in [0, 0.1) is 11.3 Å². The molecule has 1 aliphatic rings. The summed E-state index contributed by atoms with van der Waals surface area (Å²) in [5, 5.41) is 9.30. The first-order valence-corrected chi connectivity index (χ1v) is 22.8. The van der Waals surface area contributed by atoms with Crippen LogP contribution in [0.2, 0.25) is 0 Å². The van der Waals surface area contributed by atoms with Gasteiger partial charge in [0.15, 0.2) is 0 Å². The molecule has 0 radical (unpaired) electrons. The molecule has 1 aromatic heterocycles. The number of carbonyl (C=O) groups excluding carboxylic acids is 8. The van der Waals surface area contributed by atoms with Gasteiger partial charge in [0.2, 0.25) is 23.6 Å². The molecule has 0 saturated carbocycles. The molecule has 0 bridgehead atoms. The molecule has 0 spiro atoms. The van der Waals surface area contributed by atoms with E-state index < -0.39 is 93.7 Å². The lowest BCUT2D eigenvalue weighted by Gasteiger charge is -2.42. The third kappa shape index (κ3) is 14.7. The second-order valence-electron chi connectivity index (χ2n) is 21.3. The minimum absolute atomic E-state index is 0.0991. The zero-order valence-electron chi connectivity index (χ0n) is 42.7. The topological polar surface area (TPSA) is 206 Å². The highest BCUT2D eigenvalue weighted by molar-refractivity contribution is 6.13. The number of imide groups is 1. The summed E-state index contributed by atoms with van der Waals surface area (Å²) in [5.41, 5.74) is -1.59. The predicted molar refractivity (Wildman–Crippen MR) is 256 cm³/mol. The Hall–Kier alpha value is -6.00. The fourth-order valence-electron chi connectivity index (χ4n) is 7.99. The van der Waals surface area contributed by atoms with Crippen molar-refractivity contribution in [2.45, 2.75) is 151 Å². The van der Waals surface area contributed by atoms with Gasteiger partial charge in [-0.2, -0.15) is 0 Å². The number of esters is 1. The maximum atomic E-state index is 15.0. The van der Waals surface area contributed by atoms with Crippen molar-refractivity contribution in [1.29, 1.82) is 0 Å². The van der Waals surface area contributed by atoms with E-state index in [1.807, 2.05) is 90.5 Å². The number of aromatic nitrogens is 1. The second-order valence-corrected chi connectivity index (χ2v) is 21.3. The molecule has 17 heteroatoms. The van der Waals surface area contributed by atoms with Crippen molar-refractivity contribution in [1.82, 2.24) is 35.2 Å². The first-order chi connectivity index (χ1) is 30.7. The smallest absolute Gasteiger partial charge is 0.410 e. The number of aryl methyl sites for hydroxylation is 1. The fourth-order valence-corrected chi connectivity index (χ4v) is 7.99. The average Bonchev–Trinajstić information content (AvgIpc) is 3.71. The van der Waals surface area contributed by atoms with Crippen LogP contribution < -0.4 is 16.0 Å². The molecule has 2 aromatic rings. The van der Waals surface area contributed by atoms with Crippen LogP contribution in [0.1, 0.15) is 115 Å². The molecule has 3 rings (SSSR count). The molecule has 0 unspecified atom stereocenters. The van der Waals surface area contributed by atoms with Gasteiger partial charge in [-0.3, -0.25) is 43.4 Å². The maximum Gasteiger partial charge on any atom is 0.410 e. The molecule has 17 nitrogen and oxygen atoms in total. The van der Waals surface area contributed by atoms with E-state index in [4.69, 9.17) is 9.47 Å². The van der Waals surface area contributed by atoms with Gasteiger partial charge in [-0.05, 0) is 77.8 Å². The molecule has 0 aliphatic carbocycles. The number of benzene rings is 1. The molecule has 370 valence electrons. The molecule has 0 saturated heterocycles. The highest BCUT2D eigenvalue weighted by atomic mass is 16.6. The van der Waals surface area contributed by atoms with Gasteiger partial charge in [-0.15, -0.1) is 0 Å². The monoisotopic (exact) mass is 934 g/mol. The van der Waals surface area contributed by atoms with Crippen LogP contribution in [-0.4, -0.2) is 129 Å². The predicted octanol–water partition coefficient (Wildman–Crippen LogP) is 5.30. The van der Waals surface area contributed by atoms with Crippen LogP contribution in [0.5, 0.6) is 0 Å². The summed E-state index contributed by atoms with van der Waals surface area (Å²) in [6.07, 6.45) is 4.79. The lowest BCUT2D eigenvalue weighted by Crippen LogP contribution is -2.63. The van der Waals surface area contributed by atoms with Crippen molar-refractivity contribution >= 4 is 58.4 Å². The minimum atomic E-state index is -1.21. The van der Waals surface area contributed by atoms with Crippen LogP contribution in [0.15, 0.2) is 54.3 Å². The van der Waals surface area contributed by atoms with E-state index in [0.717, 1.165) is 33.5 Å². The number of hydrogen-bond donors (Lipinski definition) is 3. The SMILES string of the molecule is C/C(=C\[C@H](C(C)C)N(C)C(=O)[C@@H](NC(=O)[C@@H](N(C)C(=O)OC(C)(C)C)C(C)(C)c1cn(C)c2ccccc12)C(C)(C)C)C(=O)N[C@H](CCC(=O)OC(C)(C)C)C(=O)NCCN1C(=O)C=CC1=O. The van der Waals surface area contributed by atoms with E-state index in [2.05, 4.69) is 16.0 Å². The Morgan fingerprint density at radius 3 is 1.90 bits per heavy atom. The van der Waals surface area contributed by atoms with Crippen molar-refractivity contribution < 1.29 is 47.8 Å². The van der Waals surface area contributed by atoms with Crippen LogP contribution >= 0.6 is 0 Å². The van der Waals surface area contributed by atoms with Crippen LogP contribution in [-0.2, 0) is 55.5 Å². The standard InChI is InChI=1S/C50H75N7O10/c1-30(2)36(28-31(3)42(61)52-34(22-25-39(60)66-48(7,8)9)43(62)51-26-27-57-37(58)23-24-38(57)59)55(16)45(64)40(47(4,5)6)53-44(63)41(56(17)46(65)67-49(10,11)12)50(13,14)33-29-54(15)35-21-19-18-20-32(33)35/h18-21,23-24,28-30,34,36,40-41H,22,25-27H2,1-17H3,(H,51,62)(H,52,61)(H,53,63)/b31-28+/t34-,36-,40-,41-/m1/s1. The van der Waals surface area contributed by atoms with Gasteiger partial charge >= 0.3 is 12.1 Å². The average molecular weight is 934 g/mol.